The molecule has 0 bridgehead atoms. The second-order valence-corrected chi connectivity index (χ2v) is 4.44. The van der Waals surface area contributed by atoms with Gasteiger partial charge in [-0.3, -0.25) is 0 Å². The van der Waals surface area contributed by atoms with E-state index in [0.717, 1.165) is 30.6 Å². The van der Waals surface area contributed by atoms with Gasteiger partial charge in [-0.05, 0) is 49.4 Å². The van der Waals surface area contributed by atoms with Gasteiger partial charge in [0.15, 0.2) is 0 Å². The van der Waals surface area contributed by atoms with Gasteiger partial charge in [-0.2, -0.15) is 0 Å². The van der Waals surface area contributed by atoms with E-state index in [2.05, 4.69) is 6.92 Å². The molecule has 0 aliphatic rings. The summed E-state index contributed by atoms with van der Waals surface area (Å²) in [5.74, 6) is -0.194. The van der Waals surface area contributed by atoms with E-state index >= 15 is 0 Å². The van der Waals surface area contributed by atoms with Gasteiger partial charge in [0.25, 0.3) is 0 Å². The standard InChI is InChI=1S/C14H22FNO/c1-3-7-17-8-6-14(16)10-12-9-13(15)5-4-11(12)2/h4-5,9,14H,3,6-8,10,16H2,1-2H3. The van der Waals surface area contributed by atoms with E-state index in [1.807, 2.05) is 6.92 Å². The van der Waals surface area contributed by atoms with E-state index in [4.69, 9.17) is 10.5 Å². The second-order valence-electron chi connectivity index (χ2n) is 4.44. The minimum absolute atomic E-state index is 0.0346. The summed E-state index contributed by atoms with van der Waals surface area (Å²) in [6.07, 6.45) is 2.55. The minimum atomic E-state index is -0.194. The summed E-state index contributed by atoms with van der Waals surface area (Å²) in [6, 6.07) is 4.88. The Morgan fingerprint density at radius 2 is 2.12 bits per heavy atom. The van der Waals surface area contributed by atoms with Gasteiger partial charge in [0, 0.05) is 19.3 Å². The van der Waals surface area contributed by atoms with Crippen LogP contribution in [-0.4, -0.2) is 19.3 Å². The van der Waals surface area contributed by atoms with E-state index in [0.29, 0.717) is 13.0 Å². The van der Waals surface area contributed by atoms with Gasteiger partial charge < -0.3 is 10.5 Å². The molecule has 1 aromatic rings. The molecule has 0 fully saturated rings. The van der Waals surface area contributed by atoms with Crippen LogP contribution in [0, 0.1) is 12.7 Å². The molecule has 17 heavy (non-hydrogen) atoms. The number of benzene rings is 1. The van der Waals surface area contributed by atoms with Crippen LogP contribution in [0.25, 0.3) is 0 Å². The molecule has 0 aliphatic carbocycles. The molecular weight excluding hydrogens is 217 g/mol. The average Bonchev–Trinajstić information content (AvgIpc) is 2.29. The van der Waals surface area contributed by atoms with Crippen molar-refractivity contribution in [3.8, 4) is 0 Å². The Kier molecular flexibility index (Phi) is 6.16. The van der Waals surface area contributed by atoms with Crippen molar-refractivity contribution in [2.75, 3.05) is 13.2 Å². The van der Waals surface area contributed by atoms with Crippen molar-refractivity contribution in [1.82, 2.24) is 0 Å². The number of ether oxygens (including phenoxy) is 1. The van der Waals surface area contributed by atoms with Crippen LogP contribution < -0.4 is 5.73 Å². The highest BCUT2D eigenvalue weighted by atomic mass is 19.1. The van der Waals surface area contributed by atoms with Gasteiger partial charge in [0.1, 0.15) is 5.82 Å². The van der Waals surface area contributed by atoms with Gasteiger partial charge in [0.05, 0.1) is 0 Å². The first-order valence-corrected chi connectivity index (χ1v) is 6.21. The topological polar surface area (TPSA) is 35.2 Å². The lowest BCUT2D eigenvalue weighted by Gasteiger charge is -2.13. The van der Waals surface area contributed by atoms with Crippen LogP contribution in [0.2, 0.25) is 0 Å². The van der Waals surface area contributed by atoms with Crippen molar-refractivity contribution in [3.63, 3.8) is 0 Å². The minimum Gasteiger partial charge on any atom is -0.381 e. The molecule has 1 rings (SSSR count). The number of aryl methyl sites for hydroxylation is 1. The Labute approximate surface area is 103 Å². The first kappa shape index (κ1) is 14.1. The van der Waals surface area contributed by atoms with Crippen LogP contribution in [0.4, 0.5) is 4.39 Å². The van der Waals surface area contributed by atoms with Crippen molar-refractivity contribution in [1.29, 1.82) is 0 Å². The SMILES string of the molecule is CCCOCCC(N)Cc1cc(F)ccc1C. The summed E-state index contributed by atoms with van der Waals surface area (Å²) in [5, 5.41) is 0. The largest absolute Gasteiger partial charge is 0.381 e. The third-order valence-corrected chi connectivity index (χ3v) is 2.77. The zero-order valence-corrected chi connectivity index (χ0v) is 10.7. The van der Waals surface area contributed by atoms with Gasteiger partial charge in [-0.1, -0.05) is 13.0 Å². The Morgan fingerprint density at radius 1 is 1.35 bits per heavy atom. The first-order valence-electron chi connectivity index (χ1n) is 6.21. The molecule has 2 nitrogen and oxygen atoms in total. The van der Waals surface area contributed by atoms with Crippen molar-refractivity contribution in [3.05, 3.63) is 35.1 Å². The number of hydrogen-bond donors (Lipinski definition) is 1. The molecule has 3 heteroatoms. The van der Waals surface area contributed by atoms with Crippen molar-refractivity contribution in [2.45, 2.75) is 39.2 Å². The first-order chi connectivity index (χ1) is 8.13. The van der Waals surface area contributed by atoms with Crippen LogP contribution in [0.5, 0.6) is 0 Å². The monoisotopic (exact) mass is 239 g/mol. The highest BCUT2D eigenvalue weighted by molar-refractivity contribution is 5.27. The van der Waals surface area contributed by atoms with Gasteiger partial charge >= 0.3 is 0 Å². The molecule has 0 spiro atoms. The maximum absolute atomic E-state index is 13.1. The lowest BCUT2D eigenvalue weighted by molar-refractivity contribution is 0.127. The van der Waals surface area contributed by atoms with Crippen LogP contribution >= 0.6 is 0 Å². The van der Waals surface area contributed by atoms with E-state index in [9.17, 15) is 4.39 Å². The third-order valence-electron chi connectivity index (χ3n) is 2.77. The fraction of sp³-hybridized carbons (Fsp3) is 0.571. The highest BCUT2D eigenvalue weighted by Gasteiger charge is 2.07. The van der Waals surface area contributed by atoms with Gasteiger partial charge in [-0.15, -0.1) is 0 Å². The average molecular weight is 239 g/mol. The van der Waals surface area contributed by atoms with Gasteiger partial charge in [0.2, 0.25) is 0 Å². The predicted molar refractivity (Wildman–Crippen MR) is 68.5 cm³/mol. The van der Waals surface area contributed by atoms with Crippen LogP contribution in [0.15, 0.2) is 18.2 Å². The molecule has 0 saturated heterocycles. The summed E-state index contributed by atoms with van der Waals surface area (Å²) in [4.78, 5) is 0. The van der Waals surface area contributed by atoms with E-state index in [-0.39, 0.29) is 11.9 Å². The third kappa shape index (κ3) is 5.29. The molecule has 1 atom stereocenters. The summed E-state index contributed by atoms with van der Waals surface area (Å²) in [7, 11) is 0. The molecule has 0 amide bonds. The fourth-order valence-corrected chi connectivity index (χ4v) is 1.73. The molecule has 1 unspecified atom stereocenters. The fourth-order valence-electron chi connectivity index (χ4n) is 1.73. The molecule has 0 aromatic heterocycles. The summed E-state index contributed by atoms with van der Waals surface area (Å²) >= 11 is 0. The summed E-state index contributed by atoms with van der Waals surface area (Å²) in [6.45, 7) is 5.53. The van der Waals surface area contributed by atoms with Crippen LogP contribution in [-0.2, 0) is 11.2 Å². The summed E-state index contributed by atoms with van der Waals surface area (Å²) < 4.78 is 18.5. The Bertz CT molecular complexity index is 341. The quantitative estimate of drug-likeness (QED) is 0.743. The second kappa shape index (κ2) is 7.41. The Balaban J connectivity index is 2.39. The number of hydrogen-bond acceptors (Lipinski definition) is 2. The predicted octanol–water partition coefficient (Wildman–Crippen LogP) is 2.82. The molecular formula is C14H22FNO. The highest BCUT2D eigenvalue weighted by Crippen LogP contribution is 2.13. The summed E-state index contributed by atoms with van der Waals surface area (Å²) in [5.41, 5.74) is 8.09. The van der Waals surface area contributed by atoms with E-state index in [1.54, 1.807) is 12.1 Å². The van der Waals surface area contributed by atoms with Crippen LogP contribution in [0.3, 0.4) is 0 Å². The van der Waals surface area contributed by atoms with Crippen molar-refractivity contribution in [2.24, 2.45) is 5.73 Å². The molecule has 96 valence electrons. The molecule has 0 saturated carbocycles. The number of halogens is 1. The number of rotatable bonds is 7. The maximum atomic E-state index is 13.1. The Hall–Kier alpha value is -0.930. The molecule has 0 radical (unpaired) electrons. The normalized spacial score (nSPS) is 12.7. The number of nitrogens with two attached hydrogens (primary N) is 1. The molecule has 2 N–H and O–H groups in total. The maximum Gasteiger partial charge on any atom is 0.123 e. The molecule has 0 aliphatic heterocycles. The lowest BCUT2D eigenvalue weighted by atomic mass is 10.00. The zero-order chi connectivity index (χ0) is 12.7. The van der Waals surface area contributed by atoms with E-state index in [1.165, 1.54) is 6.07 Å². The van der Waals surface area contributed by atoms with Gasteiger partial charge in [-0.25, -0.2) is 4.39 Å². The van der Waals surface area contributed by atoms with Crippen molar-refractivity contribution >= 4 is 0 Å². The molecule has 0 heterocycles. The Morgan fingerprint density at radius 3 is 2.82 bits per heavy atom. The smallest absolute Gasteiger partial charge is 0.123 e. The zero-order valence-electron chi connectivity index (χ0n) is 10.7. The molecule has 1 aromatic carbocycles. The van der Waals surface area contributed by atoms with Crippen LogP contribution in [0.1, 0.15) is 30.9 Å². The lowest BCUT2D eigenvalue weighted by Crippen LogP contribution is -2.25. The van der Waals surface area contributed by atoms with Crippen molar-refractivity contribution < 1.29 is 9.13 Å². The van der Waals surface area contributed by atoms with E-state index < -0.39 is 0 Å².